The number of amides is 1. The maximum atomic E-state index is 12.7. The van der Waals surface area contributed by atoms with Gasteiger partial charge < -0.3 is 14.8 Å². The Bertz CT molecular complexity index is 1070. The van der Waals surface area contributed by atoms with Gasteiger partial charge in [0.15, 0.2) is 0 Å². The van der Waals surface area contributed by atoms with Crippen molar-refractivity contribution in [3.8, 4) is 16.9 Å². The van der Waals surface area contributed by atoms with Crippen molar-refractivity contribution >= 4 is 17.4 Å². The van der Waals surface area contributed by atoms with E-state index in [0.29, 0.717) is 29.2 Å². The van der Waals surface area contributed by atoms with E-state index < -0.39 is 18.0 Å². The Morgan fingerprint density at radius 1 is 1.13 bits per heavy atom. The van der Waals surface area contributed by atoms with Crippen LogP contribution < -0.4 is 10.1 Å². The van der Waals surface area contributed by atoms with Crippen LogP contribution in [0.3, 0.4) is 0 Å². The van der Waals surface area contributed by atoms with E-state index in [1.807, 2.05) is 6.92 Å². The van der Waals surface area contributed by atoms with Crippen molar-refractivity contribution in [2.45, 2.75) is 13.3 Å². The fourth-order valence-corrected chi connectivity index (χ4v) is 2.66. The third kappa shape index (κ3) is 5.78. The summed E-state index contributed by atoms with van der Waals surface area (Å²) >= 11 is 0. The number of carbonyl (C=O) groups excluding carboxylic acids is 1. The summed E-state index contributed by atoms with van der Waals surface area (Å²) in [6, 6.07) is 6.38. The van der Waals surface area contributed by atoms with Crippen LogP contribution in [0.2, 0.25) is 0 Å². The number of rotatable bonds is 7. The number of ether oxygens (including phenoxy) is 2. The molecular formula is C21H17F3N4O3. The average molecular weight is 430 g/mol. The Balaban J connectivity index is 1.85. The van der Waals surface area contributed by atoms with Crippen LogP contribution in [0.4, 0.5) is 18.9 Å². The number of pyridine rings is 1. The van der Waals surface area contributed by atoms with Crippen LogP contribution in [0.1, 0.15) is 23.0 Å². The van der Waals surface area contributed by atoms with Gasteiger partial charge in [-0.15, -0.1) is 13.2 Å². The standard InChI is InChI=1S/C21H17F3N4O3/c1-3-30-13(2)19-18(15-9-25-12-26-10-15)8-14(11-27-19)20(29)28-16-4-6-17(7-5-16)31-21(22,23)24/h4-12H,2-3H2,1H3,(H,28,29). The van der Waals surface area contributed by atoms with E-state index in [1.54, 1.807) is 18.5 Å². The molecule has 0 unspecified atom stereocenters. The van der Waals surface area contributed by atoms with E-state index >= 15 is 0 Å². The van der Waals surface area contributed by atoms with Crippen molar-refractivity contribution in [1.82, 2.24) is 15.0 Å². The fraction of sp³-hybridized carbons (Fsp3) is 0.143. The SMILES string of the molecule is C=C(OCC)c1ncc(C(=O)Nc2ccc(OC(F)(F)F)cc2)cc1-c1cncnc1. The highest BCUT2D eigenvalue weighted by molar-refractivity contribution is 6.05. The highest BCUT2D eigenvalue weighted by atomic mass is 19.4. The average Bonchev–Trinajstić information content (AvgIpc) is 2.74. The lowest BCUT2D eigenvalue weighted by molar-refractivity contribution is -0.274. The third-order valence-electron chi connectivity index (χ3n) is 3.95. The van der Waals surface area contributed by atoms with Gasteiger partial charge in [-0.05, 0) is 37.3 Å². The number of nitrogens with zero attached hydrogens (tertiary/aromatic N) is 3. The molecule has 1 aromatic carbocycles. The first kappa shape index (κ1) is 21.8. The van der Waals surface area contributed by atoms with Gasteiger partial charge in [-0.1, -0.05) is 6.58 Å². The second kappa shape index (κ2) is 9.24. The van der Waals surface area contributed by atoms with Crippen molar-refractivity contribution < 1.29 is 27.4 Å². The van der Waals surface area contributed by atoms with Gasteiger partial charge in [0, 0.05) is 35.4 Å². The van der Waals surface area contributed by atoms with Gasteiger partial charge in [-0.3, -0.25) is 9.78 Å². The molecule has 0 radical (unpaired) electrons. The minimum Gasteiger partial charge on any atom is -0.492 e. The number of alkyl halides is 3. The first-order valence-corrected chi connectivity index (χ1v) is 9.01. The number of aromatic nitrogens is 3. The second-order valence-electron chi connectivity index (χ2n) is 6.13. The maximum Gasteiger partial charge on any atom is 0.573 e. The van der Waals surface area contributed by atoms with Gasteiger partial charge in [0.05, 0.1) is 12.2 Å². The fourth-order valence-electron chi connectivity index (χ4n) is 2.66. The molecular weight excluding hydrogens is 413 g/mol. The maximum absolute atomic E-state index is 12.7. The molecule has 0 aliphatic carbocycles. The molecule has 10 heteroatoms. The molecule has 7 nitrogen and oxygen atoms in total. The van der Waals surface area contributed by atoms with Crippen molar-refractivity contribution in [2.24, 2.45) is 0 Å². The predicted molar refractivity (Wildman–Crippen MR) is 107 cm³/mol. The summed E-state index contributed by atoms with van der Waals surface area (Å²) in [6.45, 7) is 6.06. The highest BCUT2D eigenvalue weighted by Crippen LogP contribution is 2.28. The van der Waals surface area contributed by atoms with E-state index in [-0.39, 0.29) is 11.3 Å². The monoisotopic (exact) mass is 430 g/mol. The summed E-state index contributed by atoms with van der Waals surface area (Å²) in [7, 11) is 0. The molecule has 0 aliphatic rings. The number of nitrogens with one attached hydrogen (secondary N) is 1. The molecule has 0 spiro atoms. The molecule has 0 saturated heterocycles. The molecule has 0 atom stereocenters. The number of hydrogen-bond donors (Lipinski definition) is 1. The number of anilines is 1. The van der Waals surface area contributed by atoms with Crippen LogP contribution in [0.5, 0.6) is 5.75 Å². The summed E-state index contributed by atoms with van der Waals surface area (Å²) in [5, 5.41) is 2.60. The van der Waals surface area contributed by atoms with Crippen LogP contribution >= 0.6 is 0 Å². The molecule has 0 fully saturated rings. The predicted octanol–water partition coefficient (Wildman–Crippen LogP) is 4.70. The van der Waals surface area contributed by atoms with Crippen molar-refractivity contribution in [2.75, 3.05) is 11.9 Å². The Kier molecular flexibility index (Phi) is 6.49. The van der Waals surface area contributed by atoms with Crippen LogP contribution in [-0.2, 0) is 4.74 Å². The quantitative estimate of drug-likeness (QED) is 0.547. The van der Waals surface area contributed by atoms with Gasteiger partial charge in [0.2, 0.25) is 0 Å². The molecule has 0 bridgehead atoms. The van der Waals surface area contributed by atoms with E-state index in [4.69, 9.17) is 4.74 Å². The van der Waals surface area contributed by atoms with Crippen LogP contribution in [0.15, 0.2) is 61.8 Å². The summed E-state index contributed by atoms with van der Waals surface area (Å²) in [6.07, 6.45) is 1.06. The first-order valence-electron chi connectivity index (χ1n) is 9.01. The molecule has 31 heavy (non-hydrogen) atoms. The number of benzene rings is 1. The van der Waals surface area contributed by atoms with Crippen molar-refractivity contribution in [1.29, 1.82) is 0 Å². The largest absolute Gasteiger partial charge is 0.573 e. The molecule has 3 aromatic rings. The lowest BCUT2D eigenvalue weighted by Crippen LogP contribution is -2.17. The molecule has 2 aromatic heterocycles. The summed E-state index contributed by atoms with van der Waals surface area (Å²) in [5.41, 5.74) is 2.08. The summed E-state index contributed by atoms with van der Waals surface area (Å²) < 4.78 is 46.1. The Morgan fingerprint density at radius 3 is 2.42 bits per heavy atom. The van der Waals surface area contributed by atoms with E-state index in [0.717, 1.165) is 12.1 Å². The van der Waals surface area contributed by atoms with E-state index in [1.165, 1.54) is 24.7 Å². The van der Waals surface area contributed by atoms with Gasteiger partial charge in [-0.25, -0.2) is 9.97 Å². The Labute approximate surface area is 175 Å². The Morgan fingerprint density at radius 2 is 1.81 bits per heavy atom. The minimum absolute atomic E-state index is 0.211. The van der Waals surface area contributed by atoms with E-state index in [9.17, 15) is 18.0 Å². The zero-order chi connectivity index (χ0) is 22.4. The lowest BCUT2D eigenvalue weighted by atomic mass is 10.0. The third-order valence-corrected chi connectivity index (χ3v) is 3.95. The normalized spacial score (nSPS) is 11.0. The molecule has 3 rings (SSSR count). The van der Waals surface area contributed by atoms with Gasteiger partial charge in [0.1, 0.15) is 23.5 Å². The van der Waals surface area contributed by atoms with Crippen molar-refractivity contribution in [3.63, 3.8) is 0 Å². The lowest BCUT2D eigenvalue weighted by Gasteiger charge is -2.13. The highest BCUT2D eigenvalue weighted by Gasteiger charge is 2.31. The van der Waals surface area contributed by atoms with Crippen molar-refractivity contribution in [3.05, 3.63) is 73.1 Å². The zero-order valence-corrected chi connectivity index (χ0v) is 16.3. The second-order valence-corrected chi connectivity index (χ2v) is 6.13. The number of hydrogen-bond acceptors (Lipinski definition) is 6. The summed E-state index contributed by atoms with van der Waals surface area (Å²) in [5.74, 6) is -0.574. The van der Waals surface area contributed by atoms with Gasteiger partial charge in [-0.2, -0.15) is 0 Å². The minimum atomic E-state index is -4.79. The van der Waals surface area contributed by atoms with E-state index in [2.05, 4.69) is 31.6 Å². The van der Waals surface area contributed by atoms with Gasteiger partial charge >= 0.3 is 6.36 Å². The van der Waals surface area contributed by atoms with Crippen LogP contribution in [0.25, 0.3) is 16.9 Å². The molecule has 160 valence electrons. The summed E-state index contributed by atoms with van der Waals surface area (Å²) in [4.78, 5) is 24.9. The topological polar surface area (TPSA) is 86.2 Å². The first-order chi connectivity index (χ1) is 14.8. The van der Waals surface area contributed by atoms with Crippen LogP contribution in [-0.4, -0.2) is 33.8 Å². The molecule has 0 saturated carbocycles. The van der Waals surface area contributed by atoms with Gasteiger partial charge in [0.25, 0.3) is 5.91 Å². The van der Waals surface area contributed by atoms with Crippen LogP contribution in [0, 0.1) is 0 Å². The Hall–Kier alpha value is -3.95. The smallest absolute Gasteiger partial charge is 0.492 e. The molecule has 1 amide bonds. The molecule has 1 N–H and O–H groups in total. The zero-order valence-electron chi connectivity index (χ0n) is 16.3. The number of halogens is 3. The molecule has 2 heterocycles. The number of carbonyl (C=O) groups is 1. The molecule has 0 aliphatic heterocycles.